The largest absolute Gasteiger partial charge is 0.325 e. The number of aryl methyl sites for hydroxylation is 1. The van der Waals surface area contributed by atoms with Crippen LogP contribution in [0.25, 0.3) is 5.65 Å². The first kappa shape index (κ1) is 15.4. The molecule has 0 aliphatic heterocycles. The summed E-state index contributed by atoms with van der Waals surface area (Å²) in [6.45, 7) is 10.5. The lowest BCUT2D eigenvalue weighted by Gasteiger charge is -2.21. The zero-order chi connectivity index (χ0) is 15.6. The molecular formula is C16H25N5. The number of aromatic nitrogens is 3. The Kier molecular flexibility index (Phi) is 4.50. The van der Waals surface area contributed by atoms with Gasteiger partial charge in [0.15, 0.2) is 5.65 Å². The van der Waals surface area contributed by atoms with Crippen molar-refractivity contribution in [1.29, 1.82) is 0 Å². The summed E-state index contributed by atoms with van der Waals surface area (Å²) < 4.78 is 4.19. The maximum atomic E-state index is 4.63. The number of hydrogen-bond acceptors (Lipinski definition) is 3. The number of aliphatic imine (C=N–C) groups is 1. The van der Waals surface area contributed by atoms with Gasteiger partial charge in [0, 0.05) is 24.5 Å². The van der Waals surface area contributed by atoms with Gasteiger partial charge in [-0.15, -0.1) is 0 Å². The molecule has 5 heteroatoms. The van der Waals surface area contributed by atoms with Crippen molar-refractivity contribution in [3.05, 3.63) is 29.9 Å². The van der Waals surface area contributed by atoms with E-state index in [2.05, 4.69) is 57.4 Å². The maximum Gasteiger partial charge on any atom is 0.172 e. The number of hydrogen-bond donors (Lipinski definition) is 1. The molecule has 0 amide bonds. The highest BCUT2D eigenvalue weighted by Gasteiger charge is 2.13. The first-order chi connectivity index (χ1) is 9.92. The highest BCUT2D eigenvalue weighted by atomic mass is 15.4. The van der Waals surface area contributed by atoms with Crippen molar-refractivity contribution < 1.29 is 0 Å². The van der Waals surface area contributed by atoms with Gasteiger partial charge < -0.3 is 5.32 Å². The van der Waals surface area contributed by atoms with Crippen molar-refractivity contribution in [2.24, 2.45) is 12.0 Å². The summed E-state index contributed by atoms with van der Waals surface area (Å²) in [4.78, 5) is 9.15. The predicted molar refractivity (Wildman–Crippen MR) is 89.0 cm³/mol. The molecule has 21 heavy (non-hydrogen) atoms. The van der Waals surface area contributed by atoms with E-state index in [1.54, 1.807) is 0 Å². The van der Waals surface area contributed by atoms with Crippen LogP contribution in [-0.2, 0) is 7.05 Å². The molecule has 114 valence electrons. The second kappa shape index (κ2) is 6.16. The molecule has 1 N–H and O–H groups in total. The molecule has 0 spiro atoms. The molecule has 0 bridgehead atoms. The summed E-state index contributed by atoms with van der Waals surface area (Å²) in [5, 5.41) is 3.33. The van der Waals surface area contributed by atoms with Gasteiger partial charge in [0.05, 0.1) is 6.20 Å². The lowest BCUT2D eigenvalue weighted by molar-refractivity contribution is 0.588. The van der Waals surface area contributed by atoms with Crippen LogP contribution in [0.2, 0.25) is 0 Å². The summed E-state index contributed by atoms with van der Waals surface area (Å²) in [5.74, 6) is 2.13. The van der Waals surface area contributed by atoms with E-state index in [1.165, 1.54) is 5.69 Å². The third-order valence-electron chi connectivity index (χ3n) is 3.19. The van der Waals surface area contributed by atoms with Crippen LogP contribution in [0.5, 0.6) is 0 Å². The molecule has 2 rings (SSSR count). The average Bonchev–Trinajstić information content (AvgIpc) is 2.36. The van der Waals surface area contributed by atoms with Gasteiger partial charge in [0.1, 0.15) is 11.6 Å². The lowest BCUT2D eigenvalue weighted by Crippen LogP contribution is -2.19. The Bertz CT molecular complexity index is 681. The Morgan fingerprint density at radius 1 is 1.43 bits per heavy atom. The van der Waals surface area contributed by atoms with Crippen LogP contribution in [0.4, 0.5) is 5.82 Å². The molecule has 0 radical (unpaired) electrons. The van der Waals surface area contributed by atoms with Crippen molar-refractivity contribution >= 4 is 17.2 Å². The fourth-order valence-corrected chi connectivity index (χ4v) is 2.30. The van der Waals surface area contributed by atoms with Gasteiger partial charge in [-0.25, -0.2) is 14.5 Å². The summed E-state index contributed by atoms with van der Waals surface area (Å²) in [7, 11) is 2.03. The molecule has 0 unspecified atom stereocenters. The van der Waals surface area contributed by atoms with E-state index in [1.807, 2.05) is 27.1 Å². The van der Waals surface area contributed by atoms with Crippen molar-refractivity contribution in [3.8, 4) is 0 Å². The molecule has 5 nitrogen and oxygen atoms in total. The first-order valence-corrected chi connectivity index (χ1v) is 7.46. The molecule has 0 aliphatic carbocycles. The third-order valence-corrected chi connectivity index (χ3v) is 3.19. The second-order valence-corrected chi connectivity index (χ2v) is 5.78. The Balaban J connectivity index is 2.39. The van der Waals surface area contributed by atoms with E-state index in [9.17, 15) is 0 Å². The number of nitrogens with one attached hydrogen (secondary N) is 1. The molecule has 0 saturated heterocycles. The van der Waals surface area contributed by atoms with Crippen LogP contribution in [0.15, 0.2) is 29.2 Å². The van der Waals surface area contributed by atoms with Crippen LogP contribution in [-0.4, -0.2) is 19.9 Å². The van der Waals surface area contributed by atoms with E-state index in [-0.39, 0.29) is 0 Å². The summed E-state index contributed by atoms with van der Waals surface area (Å²) in [5.41, 5.74) is 3.23. The third kappa shape index (κ3) is 3.35. The van der Waals surface area contributed by atoms with Gasteiger partial charge in [0.25, 0.3) is 0 Å². The minimum absolute atomic E-state index is 0.429. The van der Waals surface area contributed by atoms with Gasteiger partial charge in [-0.1, -0.05) is 20.8 Å². The minimum atomic E-state index is 0.429. The molecule has 0 aromatic carbocycles. The molecule has 2 heterocycles. The molecule has 0 saturated carbocycles. The Morgan fingerprint density at radius 3 is 2.67 bits per heavy atom. The fraction of sp³-hybridized carbons (Fsp3) is 0.500. The van der Waals surface area contributed by atoms with Gasteiger partial charge in [-0.05, 0) is 32.3 Å². The molecule has 0 atom stereocenters. The van der Waals surface area contributed by atoms with Crippen LogP contribution < -0.4 is 5.32 Å². The monoisotopic (exact) mass is 287 g/mol. The van der Waals surface area contributed by atoms with Gasteiger partial charge >= 0.3 is 0 Å². The summed E-state index contributed by atoms with van der Waals surface area (Å²) in [6.07, 6.45) is 5.03. The normalized spacial score (nSPS) is 12.2. The quantitative estimate of drug-likeness (QED) is 0.847. The number of anilines is 1. The topological polar surface area (TPSA) is 46.6 Å². The van der Waals surface area contributed by atoms with Crippen molar-refractivity contribution in [1.82, 2.24) is 14.2 Å². The second-order valence-electron chi connectivity index (χ2n) is 5.78. The number of fused-ring (bicyclic) bond motifs is 1. The predicted octanol–water partition coefficient (Wildman–Crippen LogP) is 3.94. The lowest BCUT2D eigenvalue weighted by atomic mass is 10.1. The van der Waals surface area contributed by atoms with Gasteiger partial charge in [0.2, 0.25) is 0 Å². The van der Waals surface area contributed by atoms with Crippen molar-refractivity contribution in [3.63, 3.8) is 0 Å². The molecular weight excluding hydrogens is 262 g/mol. The van der Waals surface area contributed by atoms with E-state index in [4.69, 9.17) is 0 Å². The molecule has 2 aromatic heterocycles. The standard InChI is InChI=1S/C16H25N5/c1-7-8-14(17-12(4)5)18-15-9-13(11(2)3)21-16(19-15)10-20(21)6/h8-11H,7H2,1-6H3,(H,18,19)/b14-8+. The number of allylic oxidation sites excluding steroid dienone is 1. The van der Waals surface area contributed by atoms with E-state index in [0.29, 0.717) is 5.92 Å². The van der Waals surface area contributed by atoms with E-state index >= 15 is 0 Å². The maximum absolute atomic E-state index is 4.63. The van der Waals surface area contributed by atoms with Crippen LogP contribution in [0.1, 0.15) is 52.7 Å². The van der Waals surface area contributed by atoms with Crippen LogP contribution >= 0.6 is 0 Å². The zero-order valence-corrected chi connectivity index (χ0v) is 13.8. The van der Waals surface area contributed by atoms with Crippen LogP contribution in [0, 0.1) is 0 Å². The Hall–Kier alpha value is -2.04. The molecule has 2 aromatic rings. The smallest absolute Gasteiger partial charge is 0.172 e. The van der Waals surface area contributed by atoms with E-state index < -0.39 is 0 Å². The van der Waals surface area contributed by atoms with Gasteiger partial charge in [-0.3, -0.25) is 4.68 Å². The van der Waals surface area contributed by atoms with Crippen LogP contribution in [0.3, 0.4) is 0 Å². The number of rotatable bonds is 5. The summed E-state index contributed by atoms with van der Waals surface area (Å²) >= 11 is 0. The molecule has 0 aliphatic rings. The van der Waals surface area contributed by atoms with Crippen molar-refractivity contribution in [2.45, 2.75) is 47.0 Å². The minimum Gasteiger partial charge on any atom is -0.325 e. The fourth-order valence-electron chi connectivity index (χ4n) is 2.30. The highest BCUT2D eigenvalue weighted by Crippen LogP contribution is 2.22. The number of nitrogens with zero attached hydrogens (tertiary/aromatic N) is 4. The SMILES string of the molecule is CC/C=C(\N=C(C)C)Nc1cc(C(C)C)n2c(cn2C)n1. The van der Waals surface area contributed by atoms with E-state index in [0.717, 1.165) is 29.4 Å². The van der Waals surface area contributed by atoms with Crippen molar-refractivity contribution in [2.75, 3.05) is 5.32 Å². The molecule has 0 fully saturated rings. The van der Waals surface area contributed by atoms with Gasteiger partial charge in [-0.2, -0.15) is 0 Å². The highest BCUT2D eigenvalue weighted by molar-refractivity contribution is 5.80. The Morgan fingerprint density at radius 2 is 2.14 bits per heavy atom. The first-order valence-electron chi connectivity index (χ1n) is 7.46. The summed E-state index contributed by atoms with van der Waals surface area (Å²) in [6, 6.07) is 2.10. The Labute approximate surface area is 126 Å². The zero-order valence-electron chi connectivity index (χ0n) is 13.8. The average molecular weight is 287 g/mol.